The summed E-state index contributed by atoms with van der Waals surface area (Å²) < 4.78 is 26.3. The summed E-state index contributed by atoms with van der Waals surface area (Å²) in [7, 11) is 0. The predicted octanol–water partition coefficient (Wildman–Crippen LogP) is 5.02. The zero-order chi connectivity index (χ0) is 14.8. The standard InChI is InChI=1S/C16H14ClF2NS/c17-11-1-6-16(10(7-11)9-20-12-2-3-12)21-13-4-5-14(18)15(19)8-13/h1,4-8,12,20H,2-3,9H2. The smallest absolute Gasteiger partial charge is 0.159 e. The summed E-state index contributed by atoms with van der Waals surface area (Å²) in [4.78, 5) is 1.67. The van der Waals surface area contributed by atoms with E-state index in [1.165, 1.54) is 30.7 Å². The van der Waals surface area contributed by atoms with Crippen molar-refractivity contribution in [3.63, 3.8) is 0 Å². The van der Waals surface area contributed by atoms with Crippen LogP contribution in [0.25, 0.3) is 0 Å². The second-order valence-corrected chi connectivity index (χ2v) is 6.64. The van der Waals surface area contributed by atoms with Gasteiger partial charge in [0, 0.05) is 27.4 Å². The molecule has 1 N–H and O–H groups in total. The minimum absolute atomic E-state index is 0.602. The number of benzene rings is 2. The molecule has 21 heavy (non-hydrogen) atoms. The van der Waals surface area contributed by atoms with Crippen LogP contribution in [0.4, 0.5) is 8.78 Å². The van der Waals surface area contributed by atoms with Crippen LogP contribution in [0, 0.1) is 11.6 Å². The molecule has 2 aromatic rings. The summed E-state index contributed by atoms with van der Waals surface area (Å²) in [5.74, 6) is -1.65. The van der Waals surface area contributed by atoms with Crippen molar-refractivity contribution in [3.05, 3.63) is 58.6 Å². The van der Waals surface area contributed by atoms with Gasteiger partial charge < -0.3 is 5.32 Å². The maximum Gasteiger partial charge on any atom is 0.159 e. The zero-order valence-electron chi connectivity index (χ0n) is 11.2. The third-order valence-corrected chi connectivity index (χ3v) is 4.64. The Bertz CT molecular complexity index is 659. The minimum atomic E-state index is -0.828. The Balaban J connectivity index is 1.80. The zero-order valence-corrected chi connectivity index (χ0v) is 12.8. The third-order valence-electron chi connectivity index (χ3n) is 3.30. The van der Waals surface area contributed by atoms with Gasteiger partial charge in [-0.15, -0.1) is 0 Å². The van der Waals surface area contributed by atoms with Crippen molar-refractivity contribution in [1.29, 1.82) is 0 Å². The molecule has 0 saturated heterocycles. The van der Waals surface area contributed by atoms with Gasteiger partial charge in [-0.25, -0.2) is 8.78 Å². The van der Waals surface area contributed by atoms with Crippen LogP contribution in [0.5, 0.6) is 0 Å². The van der Waals surface area contributed by atoms with E-state index in [-0.39, 0.29) is 0 Å². The largest absolute Gasteiger partial charge is 0.310 e. The van der Waals surface area contributed by atoms with Crippen molar-refractivity contribution >= 4 is 23.4 Å². The normalized spacial score (nSPS) is 14.4. The van der Waals surface area contributed by atoms with Crippen LogP contribution < -0.4 is 5.32 Å². The molecule has 0 radical (unpaired) electrons. The highest BCUT2D eigenvalue weighted by atomic mass is 35.5. The fourth-order valence-corrected chi connectivity index (χ4v) is 3.14. The summed E-state index contributed by atoms with van der Waals surface area (Å²) in [6.45, 7) is 0.733. The van der Waals surface area contributed by atoms with E-state index in [0.29, 0.717) is 16.0 Å². The third kappa shape index (κ3) is 3.96. The van der Waals surface area contributed by atoms with Gasteiger partial charge in [0.2, 0.25) is 0 Å². The molecular weight excluding hydrogens is 312 g/mol. The van der Waals surface area contributed by atoms with Gasteiger partial charge in [-0.05, 0) is 54.8 Å². The predicted molar refractivity (Wildman–Crippen MR) is 81.8 cm³/mol. The van der Waals surface area contributed by atoms with Crippen molar-refractivity contribution in [3.8, 4) is 0 Å². The number of rotatable bonds is 5. The number of nitrogens with one attached hydrogen (secondary N) is 1. The molecule has 0 unspecified atom stereocenters. The van der Waals surface area contributed by atoms with E-state index in [2.05, 4.69) is 5.32 Å². The molecule has 1 aliphatic carbocycles. The molecule has 0 amide bonds. The summed E-state index contributed by atoms with van der Waals surface area (Å²) in [5.41, 5.74) is 1.07. The first kappa shape index (κ1) is 14.8. The minimum Gasteiger partial charge on any atom is -0.310 e. The quantitative estimate of drug-likeness (QED) is 0.828. The van der Waals surface area contributed by atoms with Crippen molar-refractivity contribution in [1.82, 2.24) is 5.32 Å². The molecule has 3 rings (SSSR count). The molecular formula is C16H14ClF2NS. The number of hydrogen-bond donors (Lipinski definition) is 1. The van der Waals surface area contributed by atoms with Gasteiger partial charge in [-0.1, -0.05) is 23.4 Å². The molecule has 0 aromatic heterocycles. The van der Waals surface area contributed by atoms with E-state index in [4.69, 9.17) is 11.6 Å². The molecule has 110 valence electrons. The second-order valence-electron chi connectivity index (χ2n) is 5.09. The maximum absolute atomic E-state index is 13.3. The number of halogens is 3. The van der Waals surface area contributed by atoms with Crippen LogP contribution >= 0.6 is 23.4 Å². The fraction of sp³-hybridized carbons (Fsp3) is 0.250. The Labute approximate surface area is 131 Å². The topological polar surface area (TPSA) is 12.0 Å². The fourth-order valence-electron chi connectivity index (χ4n) is 1.99. The SMILES string of the molecule is Fc1ccc(Sc2ccc(Cl)cc2CNC2CC2)cc1F. The maximum atomic E-state index is 13.3. The molecule has 1 nitrogen and oxygen atoms in total. The molecule has 1 aliphatic rings. The van der Waals surface area contributed by atoms with Gasteiger partial charge in [0.05, 0.1) is 0 Å². The summed E-state index contributed by atoms with van der Waals surface area (Å²) >= 11 is 7.46. The van der Waals surface area contributed by atoms with E-state index in [1.54, 1.807) is 6.07 Å². The summed E-state index contributed by atoms with van der Waals surface area (Å²) in [6, 6.07) is 10.2. The molecule has 0 aliphatic heterocycles. The van der Waals surface area contributed by atoms with Gasteiger partial charge in [0.1, 0.15) is 0 Å². The van der Waals surface area contributed by atoms with Gasteiger partial charge in [0.25, 0.3) is 0 Å². The molecule has 0 bridgehead atoms. The van der Waals surface area contributed by atoms with Gasteiger partial charge in [0.15, 0.2) is 11.6 Å². The van der Waals surface area contributed by atoms with Crippen molar-refractivity contribution in [2.24, 2.45) is 0 Å². The van der Waals surface area contributed by atoms with Gasteiger partial charge >= 0.3 is 0 Å². The first-order valence-corrected chi connectivity index (χ1v) is 7.96. The second kappa shape index (κ2) is 6.34. The summed E-state index contributed by atoms with van der Waals surface area (Å²) in [5, 5.41) is 4.12. The van der Waals surface area contributed by atoms with Crippen LogP contribution in [-0.2, 0) is 6.54 Å². The summed E-state index contributed by atoms with van der Waals surface area (Å²) in [6.07, 6.45) is 2.43. The van der Waals surface area contributed by atoms with Crippen LogP contribution in [0.15, 0.2) is 46.2 Å². The Morgan fingerprint density at radius 3 is 2.62 bits per heavy atom. The van der Waals surface area contributed by atoms with Crippen LogP contribution in [0.3, 0.4) is 0 Å². The van der Waals surface area contributed by atoms with Gasteiger partial charge in [-0.3, -0.25) is 0 Å². The Hall–Kier alpha value is -1.10. The van der Waals surface area contributed by atoms with E-state index in [9.17, 15) is 8.78 Å². The van der Waals surface area contributed by atoms with E-state index < -0.39 is 11.6 Å². The first-order valence-electron chi connectivity index (χ1n) is 6.76. The molecule has 5 heteroatoms. The monoisotopic (exact) mass is 325 g/mol. The van der Waals surface area contributed by atoms with E-state index in [0.717, 1.165) is 23.1 Å². The van der Waals surface area contributed by atoms with E-state index >= 15 is 0 Å². The lowest BCUT2D eigenvalue weighted by Crippen LogP contribution is -2.15. The van der Waals surface area contributed by atoms with Crippen molar-refractivity contribution in [2.45, 2.75) is 35.2 Å². The Kier molecular flexibility index (Phi) is 4.48. The Morgan fingerprint density at radius 2 is 1.90 bits per heavy atom. The van der Waals surface area contributed by atoms with Crippen LogP contribution in [0.2, 0.25) is 5.02 Å². The molecule has 0 atom stereocenters. The highest BCUT2D eigenvalue weighted by molar-refractivity contribution is 7.99. The molecule has 2 aromatic carbocycles. The molecule has 0 spiro atoms. The number of hydrogen-bond acceptors (Lipinski definition) is 2. The molecule has 1 fully saturated rings. The highest BCUT2D eigenvalue weighted by Crippen LogP contribution is 2.33. The average molecular weight is 326 g/mol. The van der Waals surface area contributed by atoms with E-state index in [1.807, 2.05) is 18.2 Å². The van der Waals surface area contributed by atoms with Crippen molar-refractivity contribution in [2.75, 3.05) is 0 Å². The average Bonchev–Trinajstić information content (AvgIpc) is 3.27. The molecule has 1 saturated carbocycles. The first-order chi connectivity index (χ1) is 10.1. The lowest BCUT2D eigenvalue weighted by molar-refractivity contribution is 0.506. The van der Waals surface area contributed by atoms with Crippen molar-refractivity contribution < 1.29 is 8.78 Å². The lowest BCUT2D eigenvalue weighted by Gasteiger charge is -2.11. The van der Waals surface area contributed by atoms with Gasteiger partial charge in [-0.2, -0.15) is 0 Å². The van der Waals surface area contributed by atoms with Crippen LogP contribution in [-0.4, -0.2) is 6.04 Å². The van der Waals surface area contributed by atoms with Crippen LogP contribution in [0.1, 0.15) is 18.4 Å². The molecule has 0 heterocycles. The Morgan fingerprint density at radius 1 is 1.10 bits per heavy atom. The lowest BCUT2D eigenvalue weighted by atomic mass is 10.2. The highest BCUT2D eigenvalue weighted by Gasteiger charge is 2.20.